The largest absolute Gasteiger partial charge is 0.366 e. The van der Waals surface area contributed by atoms with Gasteiger partial charge in [-0.05, 0) is 0 Å². The van der Waals surface area contributed by atoms with Crippen LogP contribution in [0, 0.1) is 0 Å². The Morgan fingerprint density at radius 1 is 1.12 bits per heavy atom. The molecule has 2 aliphatic heterocycles. The van der Waals surface area contributed by atoms with Crippen LogP contribution in [0.5, 0.6) is 0 Å². The number of rotatable bonds is 5. The molecule has 0 unspecified atom stereocenters. The highest BCUT2D eigenvalue weighted by Gasteiger charge is 2.40. The molecular weight excluding hydrogens is 328 g/mol. The molecule has 2 fully saturated rings. The summed E-state index contributed by atoms with van der Waals surface area (Å²) < 4.78 is 11.7. The second-order valence-corrected chi connectivity index (χ2v) is 6.57. The van der Waals surface area contributed by atoms with Crippen LogP contribution in [0.4, 0.5) is 11.6 Å². The lowest BCUT2D eigenvalue weighted by Gasteiger charge is -2.38. The highest BCUT2D eigenvalue weighted by molar-refractivity contribution is 5.62. The molecule has 0 bridgehead atoms. The first-order valence-electron chi connectivity index (χ1n) is 9.10. The van der Waals surface area contributed by atoms with Gasteiger partial charge in [-0.25, -0.2) is 9.97 Å². The van der Waals surface area contributed by atoms with Crippen molar-refractivity contribution in [3.63, 3.8) is 0 Å². The van der Waals surface area contributed by atoms with Gasteiger partial charge in [0, 0.05) is 44.1 Å². The SMILES string of the molecule is C=CCNc1cc(N2CCC3(CC2)OCCO3)nc(-c2ccccc2)n1. The second-order valence-electron chi connectivity index (χ2n) is 6.57. The molecule has 0 radical (unpaired) electrons. The molecule has 0 atom stereocenters. The highest BCUT2D eigenvalue weighted by Crippen LogP contribution is 2.33. The number of hydrogen-bond donors (Lipinski definition) is 1. The molecular formula is C20H24N4O2. The molecule has 0 saturated carbocycles. The summed E-state index contributed by atoms with van der Waals surface area (Å²) in [4.78, 5) is 11.8. The van der Waals surface area contributed by atoms with Gasteiger partial charge < -0.3 is 19.7 Å². The van der Waals surface area contributed by atoms with Crippen LogP contribution < -0.4 is 10.2 Å². The van der Waals surface area contributed by atoms with Crippen LogP contribution in [0.15, 0.2) is 49.1 Å². The lowest BCUT2D eigenvalue weighted by molar-refractivity contribution is -0.169. The van der Waals surface area contributed by atoms with Crippen molar-refractivity contribution in [2.24, 2.45) is 0 Å². The molecule has 26 heavy (non-hydrogen) atoms. The van der Waals surface area contributed by atoms with Gasteiger partial charge >= 0.3 is 0 Å². The zero-order chi connectivity index (χ0) is 17.8. The Morgan fingerprint density at radius 3 is 2.54 bits per heavy atom. The fourth-order valence-corrected chi connectivity index (χ4v) is 3.44. The van der Waals surface area contributed by atoms with Gasteiger partial charge in [-0.15, -0.1) is 6.58 Å². The van der Waals surface area contributed by atoms with Gasteiger partial charge in [0.15, 0.2) is 11.6 Å². The van der Waals surface area contributed by atoms with E-state index < -0.39 is 0 Å². The quantitative estimate of drug-likeness (QED) is 0.835. The van der Waals surface area contributed by atoms with Crippen molar-refractivity contribution in [3.05, 3.63) is 49.1 Å². The first-order valence-corrected chi connectivity index (χ1v) is 9.10. The summed E-state index contributed by atoms with van der Waals surface area (Å²) in [6.07, 6.45) is 3.53. The van der Waals surface area contributed by atoms with Crippen molar-refractivity contribution >= 4 is 11.6 Å². The summed E-state index contributed by atoms with van der Waals surface area (Å²) >= 11 is 0. The van der Waals surface area contributed by atoms with E-state index in [0.717, 1.165) is 49.0 Å². The molecule has 1 aromatic heterocycles. The summed E-state index contributed by atoms with van der Waals surface area (Å²) in [5.74, 6) is 2.08. The summed E-state index contributed by atoms with van der Waals surface area (Å²) in [7, 11) is 0. The number of nitrogens with zero attached hydrogens (tertiary/aromatic N) is 3. The van der Waals surface area contributed by atoms with Crippen molar-refractivity contribution in [1.29, 1.82) is 0 Å². The number of piperidine rings is 1. The van der Waals surface area contributed by atoms with Crippen LogP contribution in [0.3, 0.4) is 0 Å². The third-order valence-corrected chi connectivity index (χ3v) is 4.83. The van der Waals surface area contributed by atoms with Crippen molar-refractivity contribution in [2.45, 2.75) is 18.6 Å². The number of ether oxygens (including phenoxy) is 2. The van der Waals surface area contributed by atoms with Crippen molar-refractivity contribution < 1.29 is 9.47 Å². The highest BCUT2D eigenvalue weighted by atomic mass is 16.7. The molecule has 1 spiro atoms. The first-order chi connectivity index (χ1) is 12.8. The smallest absolute Gasteiger partial charge is 0.171 e. The minimum Gasteiger partial charge on any atom is -0.366 e. The minimum atomic E-state index is -0.379. The number of benzene rings is 1. The Morgan fingerprint density at radius 2 is 1.85 bits per heavy atom. The number of hydrogen-bond acceptors (Lipinski definition) is 6. The molecule has 4 rings (SSSR count). The minimum absolute atomic E-state index is 0.379. The van der Waals surface area contributed by atoms with Crippen LogP contribution in [-0.4, -0.2) is 48.6 Å². The fraction of sp³-hybridized carbons (Fsp3) is 0.400. The summed E-state index contributed by atoms with van der Waals surface area (Å²) in [5, 5.41) is 3.29. The molecule has 1 N–H and O–H groups in total. The van der Waals surface area contributed by atoms with Gasteiger partial charge in [-0.3, -0.25) is 0 Å². The van der Waals surface area contributed by atoms with Gasteiger partial charge in [0.2, 0.25) is 0 Å². The second kappa shape index (κ2) is 7.43. The third-order valence-electron chi connectivity index (χ3n) is 4.83. The zero-order valence-corrected chi connectivity index (χ0v) is 14.9. The average molecular weight is 352 g/mol. The lowest BCUT2D eigenvalue weighted by Crippen LogP contribution is -2.45. The fourth-order valence-electron chi connectivity index (χ4n) is 3.44. The van der Waals surface area contributed by atoms with Crippen molar-refractivity contribution in [3.8, 4) is 11.4 Å². The van der Waals surface area contributed by atoms with E-state index in [2.05, 4.69) is 21.8 Å². The van der Waals surface area contributed by atoms with E-state index in [1.807, 2.05) is 42.5 Å². The molecule has 2 aliphatic rings. The monoisotopic (exact) mass is 352 g/mol. The standard InChI is InChI=1S/C20H24N4O2/c1-2-10-21-17-15-18(23-19(22-17)16-6-4-3-5-7-16)24-11-8-20(9-12-24)25-13-14-26-20/h2-7,15H,1,8-14H2,(H,21,22,23). The van der Waals surface area contributed by atoms with E-state index in [-0.39, 0.29) is 5.79 Å². The van der Waals surface area contributed by atoms with Crippen LogP contribution in [0.25, 0.3) is 11.4 Å². The number of anilines is 2. The predicted molar refractivity (Wildman–Crippen MR) is 102 cm³/mol. The van der Waals surface area contributed by atoms with Crippen molar-refractivity contribution in [2.75, 3.05) is 43.1 Å². The Balaban J connectivity index is 1.59. The molecule has 2 saturated heterocycles. The van der Waals surface area contributed by atoms with Crippen molar-refractivity contribution in [1.82, 2.24) is 9.97 Å². The Labute approximate surface area is 153 Å². The maximum Gasteiger partial charge on any atom is 0.171 e. The molecule has 6 nitrogen and oxygen atoms in total. The van der Waals surface area contributed by atoms with Crippen LogP contribution in [0.2, 0.25) is 0 Å². The molecule has 3 heterocycles. The Bertz CT molecular complexity index is 750. The molecule has 1 aromatic carbocycles. The van der Waals surface area contributed by atoms with E-state index in [1.54, 1.807) is 0 Å². The normalized spacial score (nSPS) is 18.8. The topological polar surface area (TPSA) is 59.5 Å². The summed E-state index contributed by atoms with van der Waals surface area (Å²) in [5.41, 5.74) is 1.01. The molecule has 136 valence electrons. The van der Waals surface area contributed by atoms with E-state index in [0.29, 0.717) is 19.8 Å². The van der Waals surface area contributed by atoms with E-state index >= 15 is 0 Å². The molecule has 0 amide bonds. The van der Waals surface area contributed by atoms with Crippen LogP contribution >= 0.6 is 0 Å². The van der Waals surface area contributed by atoms with Gasteiger partial charge in [-0.2, -0.15) is 0 Å². The molecule has 0 aliphatic carbocycles. The van der Waals surface area contributed by atoms with E-state index in [9.17, 15) is 0 Å². The maximum atomic E-state index is 5.83. The molecule has 2 aromatic rings. The van der Waals surface area contributed by atoms with Crippen LogP contribution in [0.1, 0.15) is 12.8 Å². The number of aromatic nitrogens is 2. The summed E-state index contributed by atoms with van der Waals surface area (Å²) in [6.45, 7) is 7.53. The van der Waals surface area contributed by atoms with Gasteiger partial charge in [0.05, 0.1) is 13.2 Å². The predicted octanol–water partition coefficient (Wildman–Crippen LogP) is 3.08. The van der Waals surface area contributed by atoms with Gasteiger partial charge in [-0.1, -0.05) is 36.4 Å². The van der Waals surface area contributed by atoms with E-state index in [4.69, 9.17) is 14.5 Å². The third kappa shape index (κ3) is 3.57. The zero-order valence-electron chi connectivity index (χ0n) is 14.9. The summed E-state index contributed by atoms with van der Waals surface area (Å²) in [6, 6.07) is 12.1. The lowest BCUT2D eigenvalue weighted by atomic mass is 10.0. The Hall–Kier alpha value is -2.44. The van der Waals surface area contributed by atoms with Gasteiger partial charge in [0.25, 0.3) is 0 Å². The molecule has 6 heteroatoms. The van der Waals surface area contributed by atoms with Gasteiger partial charge in [0.1, 0.15) is 11.6 Å². The first kappa shape index (κ1) is 17.0. The number of nitrogens with one attached hydrogen (secondary N) is 1. The Kier molecular flexibility index (Phi) is 4.86. The average Bonchev–Trinajstić information content (AvgIpc) is 3.15. The van der Waals surface area contributed by atoms with E-state index in [1.165, 1.54) is 0 Å². The maximum absolute atomic E-state index is 5.83. The van der Waals surface area contributed by atoms with Crippen LogP contribution in [-0.2, 0) is 9.47 Å².